The summed E-state index contributed by atoms with van der Waals surface area (Å²) in [4.78, 5) is 12.4. The molecule has 2 aromatic carbocycles. The van der Waals surface area contributed by atoms with Crippen LogP contribution >= 0.6 is 0 Å². The first kappa shape index (κ1) is 19.4. The molecular formula is C22H19NO7. The van der Waals surface area contributed by atoms with Crippen molar-refractivity contribution in [3.05, 3.63) is 60.0 Å². The van der Waals surface area contributed by atoms with Crippen molar-refractivity contribution in [1.29, 1.82) is 0 Å². The summed E-state index contributed by atoms with van der Waals surface area (Å²) < 4.78 is 32.0. The summed E-state index contributed by atoms with van der Waals surface area (Å²) in [5.74, 6) is 1.71. The maximum atomic E-state index is 12.4. The zero-order valence-corrected chi connectivity index (χ0v) is 16.6. The average molecular weight is 409 g/mol. The van der Waals surface area contributed by atoms with E-state index in [9.17, 15) is 4.79 Å². The molecule has 0 N–H and O–H groups in total. The van der Waals surface area contributed by atoms with Gasteiger partial charge < -0.3 is 27.9 Å². The molecule has 0 atom stereocenters. The molecule has 8 heteroatoms. The standard InChI is InChI=1S/C22H19NO7/c1-25-16-8-7-13(9-19(16)27-3)18-11-15(23-30-18)12-28-22(24)20-10-14-5-4-6-17(26-2)21(14)29-20/h4-11H,12H2,1-3H3. The smallest absolute Gasteiger partial charge is 0.374 e. The second-order valence-corrected chi connectivity index (χ2v) is 6.32. The van der Waals surface area contributed by atoms with Gasteiger partial charge in [-0.25, -0.2) is 4.79 Å². The molecule has 4 aromatic rings. The van der Waals surface area contributed by atoms with Crippen molar-refractivity contribution in [3.8, 4) is 28.6 Å². The van der Waals surface area contributed by atoms with Crippen LogP contribution in [-0.4, -0.2) is 32.5 Å². The van der Waals surface area contributed by atoms with Gasteiger partial charge in [-0.05, 0) is 30.3 Å². The van der Waals surface area contributed by atoms with Gasteiger partial charge in [0.15, 0.2) is 28.6 Å². The van der Waals surface area contributed by atoms with Crippen molar-refractivity contribution in [2.45, 2.75) is 6.61 Å². The zero-order chi connectivity index (χ0) is 21.1. The molecule has 0 spiro atoms. The number of carbonyl (C=O) groups is 1. The average Bonchev–Trinajstić information content (AvgIpc) is 3.44. The van der Waals surface area contributed by atoms with E-state index in [0.29, 0.717) is 34.3 Å². The minimum atomic E-state index is -0.607. The van der Waals surface area contributed by atoms with E-state index in [2.05, 4.69) is 5.16 Å². The maximum absolute atomic E-state index is 12.4. The summed E-state index contributed by atoms with van der Waals surface area (Å²) in [7, 11) is 4.66. The number of aromatic nitrogens is 1. The lowest BCUT2D eigenvalue weighted by Gasteiger charge is -2.07. The second kappa shape index (κ2) is 8.20. The molecule has 0 aliphatic rings. The first-order chi connectivity index (χ1) is 14.6. The van der Waals surface area contributed by atoms with E-state index < -0.39 is 5.97 Å². The van der Waals surface area contributed by atoms with Crippen molar-refractivity contribution in [2.24, 2.45) is 0 Å². The molecule has 154 valence electrons. The van der Waals surface area contributed by atoms with Gasteiger partial charge in [-0.1, -0.05) is 17.3 Å². The van der Waals surface area contributed by atoms with Crippen molar-refractivity contribution in [1.82, 2.24) is 5.16 Å². The minimum Gasteiger partial charge on any atom is -0.493 e. The van der Waals surface area contributed by atoms with Crippen LogP contribution in [0.2, 0.25) is 0 Å². The number of benzene rings is 2. The number of fused-ring (bicyclic) bond motifs is 1. The van der Waals surface area contributed by atoms with Gasteiger partial charge >= 0.3 is 5.97 Å². The highest BCUT2D eigenvalue weighted by Crippen LogP contribution is 2.33. The fraction of sp³-hybridized carbons (Fsp3) is 0.182. The van der Waals surface area contributed by atoms with Gasteiger partial charge in [0.05, 0.1) is 21.3 Å². The predicted molar refractivity (Wildman–Crippen MR) is 107 cm³/mol. The van der Waals surface area contributed by atoms with Gasteiger partial charge in [0, 0.05) is 17.0 Å². The summed E-state index contributed by atoms with van der Waals surface area (Å²) in [6, 6.07) is 14.1. The molecule has 30 heavy (non-hydrogen) atoms. The molecule has 0 fully saturated rings. The Hall–Kier alpha value is -3.94. The molecule has 2 heterocycles. The third kappa shape index (κ3) is 3.67. The Morgan fingerprint density at radius 1 is 0.933 bits per heavy atom. The Balaban J connectivity index is 1.46. The molecule has 2 aromatic heterocycles. The molecule has 0 aliphatic heterocycles. The van der Waals surface area contributed by atoms with E-state index in [4.69, 9.17) is 27.9 Å². The summed E-state index contributed by atoms with van der Waals surface area (Å²) in [5, 5.41) is 4.70. The van der Waals surface area contributed by atoms with Crippen LogP contribution in [0.1, 0.15) is 16.2 Å². The largest absolute Gasteiger partial charge is 0.493 e. The fourth-order valence-electron chi connectivity index (χ4n) is 3.01. The summed E-state index contributed by atoms with van der Waals surface area (Å²) in [5.41, 5.74) is 1.70. The molecule has 8 nitrogen and oxygen atoms in total. The van der Waals surface area contributed by atoms with Crippen molar-refractivity contribution >= 4 is 16.9 Å². The second-order valence-electron chi connectivity index (χ2n) is 6.32. The van der Waals surface area contributed by atoms with E-state index in [0.717, 1.165) is 10.9 Å². The Morgan fingerprint density at radius 2 is 1.73 bits per heavy atom. The molecule has 0 bridgehead atoms. The van der Waals surface area contributed by atoms with E-state index in [1.54, 1.807) is 44.6 Å². The lowest BCUT2D eigenvalue weighted by atomic mass is 10.1. The molecule has 0 aliphatic carbocycles. The Bertz CT molecular complexity index is 1190. The monoisotopic (exact) mass is 409 g/mol. The Morgan fingerprint density at radius 3 is 2.50 bits per heavy atom. The van der Waals surface area contributed by atoms with Crippen LogP contribution in [0.25, 0.3) is 22.3 Å². The molecule has 0 unspecified atom stereocenters. The number of nitrogens with zero attached hydrogens (tertiary/aromatic N) is 1. The minimum absolute atomic E-state index is 0.0657. The highest BCUT2D eigenvalue weighted by Gasteiger charge is 2.17. The molecule has 4 rings (SSSR count). The van der Waals surface area contributed by atoms with E-state index in [1.807, 2.05) is 18.2 Å². The summed E-state index contributed by atoms with van der Waals surface area (Å²) >= 11 is 0. The topological polar surface area (TPSA) is 93.2 Å². The van der Waals surface area contributed by atoms with Crippen LogP contribution in [0.4, 0.5) is 0 Å². The van der Waals surface area contributed by atoms with Crippen LogP contribution in [0.3, 0.4) is 0 Å². The number of methoxy groups -OCH3 is 3. The van der Waals surface area contributed by atoms with Gasteiger partial charge in [0.2, 0.25) is 5.76 Å². The van der Waals surface area contributed by atoms with Crippen molar-refractivity contribution < 1.29 is 32.7 Å². The fourth-order valence-corrected chi connectivity index (χ4v) is 3.01. The maximum Gasteiger partial charge on any atom is 0.374 e. The van der Waals surface area contributed by atoms with E-state index >= 15 is 0 Å². The number of hydrogen-bond acceptors (Lipinski definition) is 8. The normalized spacial score (nSPS) is 10.8. The third-order valence-electron chi connectivity index (χ3n) is 4.51. The van der Waals surface area contributed by atoms with E-state index in [1.165, 1.54) is 7.11 Å². The Labute approximate surface area is 171 Å². The highest BCUT2D eigenvalue weighted by molar-refractivity contribution is 5.94. The number of furan rings is 1. The Kier molecular flexibility index (Phi) is 5.30. The van der Waals surface area contributed by atoms with Gasteiger partial charge in [-0.15, -0.1) is 0 Å². The number of hydrogen-bond donors (Lipinski definition) is 0. The van der Waals surface area contributed by atoms with Gasteiger partial charge in [0.25, 0.3) is 0 Å². The first-order valence-corrected chi connectivity index (χ1v) is 9.04. The predicted octanol–water partition coefficient (Wildman–Crippen LogP) is 4.47. The van der Waals surface area contributed by atoms with Crippen LogP contribution in [0, 0.1) is 0 Å². The quantitative estimate of drug-likeness (QED) is 0.413. The SMILES string of the molecule is COc1ccc(-c2cc(COC(=O)c3cc4cccc(OC)c4o3)no2)cc1OC. The highest BCUT2D eigenvalue weighted by atomic mass is 16.5. The third-order valence-corrected chi connectivity index (χ3v) is 4.51. The number of rotatable bonds is 7. The molecule has 0 amide bonds. The van der Waals surface area contributed by atoms with Crippen LogP contribution in [0.5, 0.6) is 17.2 Å². The van der Waals surface area contributed by atoms with Crippen LogP contribution in [-0.2, 0) is 11.3 Å². The van der Waals surface area contributed by atoms with Gasteiger partial charge in [-0.3, -0.25) is 0 Å². The van der Waals surface area contributed by atoms with Crippen molar-refractivity contribution in [3.63, 3.8) is 0 Å². The lowest BCUT2D eigenvalue weighted by Crippen LogP contribution is -2.03. The summed E-state index contributed by atoms with van der Waals surface area (Å²) in [6.45, 7) is -0.0657. The number of para-hydroxylation sites is 1. The summed E-state index contributed by atoms with van der Waals surface area (Å²) in [6.07, 6.45) is 0. The lowest BCUT2D eigenvalue weighted by molar-refractivity contribution is 0.0430. The number of carbonyl (C=O) groups excluding carboxylic acids is 1. The van der Waals surface area contributed by atoms with Crippen LogP contribution in [0.15, 0.2) is 57.5 Å². The van der Waals surface area contributed by atoms with Crippen LogP contribution < -0.4 is 14.2 Å². The molecular weight excluding hydrogens is 390 g/mol. The number of esters is 1. The van der Waals surface area contributed by atoms with E-state index in [-0.39, 0.29) is 12.4 Å². The van der Waals surface area contributed by atoms with Crippen molar-refractivity contribution in [2.75, 3.05) is 21.3 Å². The number of ether oxygens (including phenoxy) is 4. The van der Waals surface area contributed by atoms with Gasteiger partial charge in [-0.2, -0.15) is 0 Å². The molecule has 0 saturated heterocycles. The molecule has 0 radical (unpaired) electrons. The molecule has 0 saturated carbocycles. The van der Waals surface area contributed by atoms with Gasteiger partial charge in [0.1, 0.15) is 12.3 Å². The zero-order valence-electron chi connectivity index (χ0n) is 16.6. The first-order valence-electron chi connectivity index (χ1n) is 9.04.